The minimum absolute atomic E-state index is 0.00370. The topological polar surface area (TPSA) is 74.6 Å². The molecule has 1 aromatic carbocycles. The first-order chi connectivity index (χ1) is 6.56. The number of aromatic carboxylic acids is 2. The highest BCUT2D eigenvalue weighted by Gasteiger charge is 2.12. The van der Waals surface area contributed by atoms with Crippen LogP contribution < -0.4 is 0 Å². The Labute approximate surface area is 93.7 Å². The molecule has 0 bridgehead atoms. The summed E-state index contributed by atoms with van der Waals surface area (Å²) >= 11 is 2.03. The monoisotopic (exact) mass is 306 g/mol. The van der Waals surface area contributed by atoms with Crippen molar-refractivity contribution >= 4 is 34.5 Å². The molecule has 74 valence electrons. The van der Waals surface area contributed by atoms with Gasteiger partial charge in [0.15, 0.2) is 0 Å². The fourth-order valence-electron chi connectivity index (χ4n) is 1.03. The number of carbonyl (C=O) groups is 2. The van der Waals surface area contributed by atoms with Crippen LogP contribution in [-0.2, 0) is 4.43 Å². The first-order valence-electron chi connectivity index (χ1n) is 3.71. The molecule has 0 unspecified atom stereocenters. The lowest BCUT2D eigenvalue weighted by molar-refractivity contribution is 0.0695. The van der Waals surface area contributed by atoms with E-state index in [1.54, 1.807) is 0 Å². The van der Waals surface area contributed by atoms with Gasteiger partial charge >= 0.3 is 11.9 Å². The van der Waals surface area contributed by atoms with Crippen molar-refractivity contribution in [1.82, 2.24) is 0 Å². The van der Waals surface area contributed by atoms with Crippen molar-refractivity contribution in [3.63, 3.8) is 0 Å². The number of benzene rings is 1. The number of hydrogen-bond donors (Lipinski definition) is 2. The lowest BCUT2D eigenvalue weighted by atomic mass is 10.1. The molecule has 0 saturated carbocycles. The third kappa shape index (κ3) is 2.22. The molecule has 0 amide bonds. The van der Waals surface area contributed by atoms with E-state index in [1.165, 1.54) is 18.2 Å². The van der Waals surface area contributed by atoms with E-state index in [0.717, 1.165) is 0 Å². The molecule has 0 heterocycles. The van der Waals surface area contributed by atoms with E-state index in [9.17, 15) is 9.59 Å². The Hall–Kier alpha value is -1.11. The zero-order valence-electron chi connectivity index (χ0n) is 7.03. The van der Waals surface area contributed by atoms with Crippen molar-refractivity contribution in [2.24, 2.45) is 0 Å². The molecule has 4 nitrogen and oxygen atoms in total. The lowest BCUT2D eigenvalue weighted by Crippen LogP contribution is -2.05. The third-order valence-electron chi connectivity index (χ3n) is 1.73. The molecular formula is C9H7IO4. The number of carboxylic acid groups (broad SMARTS) is 2. The number of rotatable bonds is 3. The molecule has 0 atom stereocenters. The smallest absolute Gasteiger partial charge is 0.336 e. The van der Waals surface area contributed by atoms with Crippen LogP contribution in [-0.4, -0.2) is 22.2 Å². The molecule has 1 rings (SSSR count). The van der Waals surface area contributed by atoms with E-state index in [0.29, 0.717) is 9.99 Å². The highest BCUT2D eigenvalue weighted by Crippen LogP contribution is 2.15. The van der Waals surface area contributed by atoms with Gasteiger partial charge in [-0.1, -0.05) is 28.7 Å². The molecule has 0 radical (unpaired) electrons. The summed E-state index contributed by atoms with van der Waals surface area (Å²) < 4.78 is 0.541. The summed E-state index contributed by atoms with van der Waals surface area (Å²) in [5.74, 6) is -2.22. The van der Waals surface area contributed by atoms with Crippen LogP contribution in [0.1, 0.15) is 26.3 Å². The zero-order valence-corrected chi connectivity index (χ0v) is 9.19. The van der Waals surface area contributed by atoms with Gasteiger partial charge in [-0.05, 0) is 17.7 Å². The Bertz CT molecular complexity index is 386. The van der Waals surface area contributed by atoms with Crippen LogP contribution in [0.4, 0.5) is 0 Å². The molecular weight excluding hydrogens is 299 g/mol. The van der Waals surface area contributed by atoms with Crippen LogP contribution in [0.2, 0.25) is 0 Å². The molecule has 1 aromatic rings. The third-order valence-corrected chi connectivity index (χ3v) is 2.55. The first kappa shape index (κ1) is 11.0. The molecule has 0 aromatic heterocycles. The van der Waals surface area contributed by atoms with E-state index in [-0.39, 0.29) is 11.1 Å². The van der Waals surface area contributed by atoms with E-state index in [2.05, 4.69) is 0 Å². The molecule has 2 N–H and O–H groups in total. The summed E-state index contributed by atoms with van der Waals surface area (Å²) in [5, 5.41) is 17.5. The predicted molar refractivity (Wildman–Crippen MR) is 58.1 cm³/mol. The normalized spacial score (nSPS) is 9.79. The average molecular weight is 306 g/mol. The summed E-state index contributed by atoms with van der Waals surface area (Å²) in [6, 6.07) is 4.11. The van der Waals surface area contributed by atoms with Gasteiger partial charge in [-0.15, -0.1) is 0 Å². The Kier molecular flexibility index (Phi) is 3.45. The van der Waals surface area contributed by atoms with Crippen LogP contribution in [0.15, 0.2) is 18.2 Å². The lowest BCUT2D eigenvalue weighted by Gasteiger charge is -2.03. The van der Waals surface area contributed by atoms with Gasteiger partial charge in [-0.3, -0.25) is 0 Å². The van der Waals surface area contributed by atoms with Gasteiger partial charge in [0.2, 0.25) is 0 Å². The van der Waals surface area contributed by atoms with Crippen molar-refractivity contribution in [3.05, 3.63) is 34.9 Å². The van der Waals surface area contributed by atoms with Crippen molar-refractivity contribution in [1.29, 1.82) is 0 Å². The van der Waals surface area contributed by atoms with Crippen molar-refractivity contribution < 1.29 is 19.8 Å². The summed E-state index contributed by atoms with van der Waals surface area (Å²) in [6.45, 7) is 0. The number of hydrogen-bond acceptors (Lipinski definition) is 2. The SMILES string of the molecule is O=C(O)c1ccc(CI)c(C(=O)O)c1. The fraction of sp³-hybridized carbons (Fsp3) is 0.111. The second kappa shape index (κ2) is 4.41. The number of alkyl halides is 1. The van der Waals surface area contributed by atoms with Gasteiger partial charge in [0.05, 0.1) is 11.1 Å². The summed E-state index contributed by atoms with van der Waals surface area (Å²) in [4.78, 5) is 21.3. The Morgan fingerprint density at radius 1 is 1.21 bits per heavy atom. The van der Waals surface area contributed by atoms with Crippen molar-refractivity contribution in [2.45, 2.75) is 4.43 Å². The first-order valence-corrected chi connectivity index (χ1v) is 5.24. The second-order valence-electron chi connectivity index (χ2n) is 2.62. The molecule has 0 aliphatic heterocycles. The number of halogens is 1. The molecule has 0 saturated heterocycles. The van der Waals surface area contributed by atoms with Gasteiger partial charge in [0.25, 0.3) is 0 Å². The maximum absolute atomic E-state index is 10.8. The van der Waals surface area contributed by atoms with E-state index < -0.39 is 11.9 Å². The standard InChI is InChI=1S/C9H7IO4/c10-4-6-2-1-5(8(11)12)3-7(6)9(13)14/h1-3H,4H2,(H,11,12)(H,13,14). The maximum Gasteiger partial charge on any atom is 0.336 e. The molecule has 5 heteroatoms. The summed E-state index contributed by atoms with van der Waals surface area (Å²) in [7, 11) is 0. The minimum Gasteiger partial charge on any atom is -0.478 e. The zero-order chi connectivity index (χ0) is 10.7. The van der Waals surface area contributed by atoms with Crippen molar-refractivity contribution in [3.8, 4) is 0 Å². The highest BCUT2D eigenvalue weighted by molar-refractivity contribution is 14.1. The summed E-state index contributed by atoms with van der Waals surface area (Å²) in [6.07, 6.45) is 0. The van der Waals surface area contributed by atoms with E-state index >= 15 is 0 Å². The Balaban J connectivity index is 3.27. The van der Waals surface area contributed by atoms with E-state index in [4.69, 9.17) is 10.2 Å². The predicted octanol–water partition coefficient (Wildman–Crippen LogP) is 2.02. The van der Waals surface area contributed by atoms with Gasteiger partial charge in [-0.2, -0.15) is 0 Å². The minimum atomic E-state index is -1.12. The van der Waals surface area contributed by atoms with Crippen LogP contribution in [0.5, 0.6) is 0 Å². The van der Waals surface area contributed by atoms with Crippen LogP contribution in [0.3, 0.4) is 0 Å². The quantitative estimate of drug-likeness (QED) is 0.662. The van der Waals surface area contributed by atoms with Crippen molar-refractivity contribution in [2.75, 3.05) is 0 Å². The molecule has 0 fully saturated rings. The molecule has 14 heavy (non-hydrogen) atoms. The van der Waals surface area contributed by atoms with Gasteiger partial charge in [0.1, 0.15) is 0 Å². The fourth-order valence-corrected chi connectivity index (χ4v) is 1.69. The average Bonchev–Trinajstić information content (AvgIpc) is 2.16. The van der Waals surface area contributed by atoms with Crippen LogP contribution in [0.25, 0.3) is 0 Å². The Morgan fingerprint density at radius 2 is 1.86 bits per heavy atom. The Morgan fingerprint density at radius 3 is 2.29 bits per heavy atom. The summed E-state index contributed by atoms with van der Waals surface area (Å²) in [5.41, 5.74) is 0.679. The molecule has 0 spiro atoms. The number of carboxylic acids is 2. The van der Waals surface area contributed by atoms with E-state index in [1.807, 2.05) is 22.6 Å². The van der Waals surface area contributed by atoms with Crippen LogP contribution in [0, 0.1) is 0 Å². The van der Waals surface area contributed by atoms with Crippen LogP contribution >= 0.6 is 22.6 Å². The van der Waals surface area contributed by atoms with Gasteiger partial charge in [0, 0.05) is 4.43 Å². The van der Waals surface area contributed by atoms with Gasteiger partial charge in [-0.25, -0.2) is 9.59 Å². The van der Waals surface area contributed by atoms with Gasteiger partial charge < -0.3 is 10.2 Å². The highest BCUT2D eigenvalue weighted by atomic mass is 127. The second-order valence-corrected chi connectivity index (χ2v) is 3.38. The molecule has 0 aliphatic rings. The molecule has 0 aliphatic carbocycles. The largest absolute Gasteiger partial charge is 0.478 e. The maximum atomic E-state index is 10.8.